The Bertz CT molecular complexity index is 1500. The average molecular weight is 533 g/mol. The summed E-state index contributed by atoms with van der Waals surface area (Å²) in [5.41, 5.74) is 3.53. The maximum atomic E-state index is 12.2. The second kappa shape index (κ2) is 10.5. The summed E-state index contributed by atoms with van der Waals surface area (Å²) in [6.45, 7) is 7.75. The lowest BCUT2D eigenvalue weighted by Gasteiger charge is -2.32. The number of carbonyl (C=O) groups is 1. The number of piperidine rings is 1. The van der Waals surface area contributed by atoms with E-state index in [1.165, 1.54) is 6.92 Å². The molecular weight excluding hydrogens is 496 g/mol. The van der Waals surface area contributed by atoms with Crippen molar-refractivity contribution in [3.63, 3.8) is 0 Å². The van der Waals surface area contributed by atoms with Crippen LogP contribution >= 0.6 is 0 Å². The van der Waals surface area contributed by atoms with Crippen molar-refractivity contribution >= 4 is 33.9 Å². The molecule has 0 radical (unpaired) electrons. The summed E-state index contributed by atoms with van der Waals surface area (Å²) in [6.07, 6.45) is 2.38. The number of morpholine rings is 1. The largest absolute Gasteiger partial charge is 0.384 e. The maximum absolute atomic E-state index is 12.2. The monoisotopic (exact) mass is 532 g/mol. The maximum Gasteiger partial charge on any atom is 0.251 e. The molecule has 2 fully saturated rings. The fourth-order valence-electron chi connectivity index (χ4n) is 5.77. The Morgan fingerprint density at radius 1 is 1.05 bits per heavy atom. The highest BCUT2D eigenvalue weighted by Crippen LogP contribution is 2.30. The first-order valence-corrected chi connectivity index (χ1v) is 13.9. The molecular formula is C28H36N8O3. The molecule has 1 amide bonds. The van der Waals surface area contributed by atoms with Crippen LogP contribution < -0.4 is 4.90 Å². The molecule has 1 atom stereocenters. The number of fused-ring (bicyclic) bond motifs is 2. The van der Waals surface area contributed by atoms with Gasteiger partial charge in [0.15, 0.2) is 17.0 Å². The Kier molecular flexibility index (Phi) is 6.94. The number of ether oxygens (including phenoxy) is 1. The number of hydrogen-bond donors (Lipinski definition) is 1. The van der Waals surface area contributed by atoms with E-state index in [1.807, 2.05) is 25.2 Å². The van der Waals surface area contributed by atoms with Crippen LogP contribution in [0.2, 0.25) is 0 Å². The van der Waals surface area contributed by atoms with Crippen molar-refractivity contribution in [2.24, 2.45) is 13.0 Å². The first-order chi connectivity index (χ1) is 18.9. The van der Waals surface area contributed by atoms with Crippen molar-refractivity contribution in [3.8, 4) is 5.95 Å². The van der Waals surface area contributed by atoms with E-state index in [9.17, 15) is 9.90 Å². The molecule has 0 spiro atoms. The molecule has 5 heterocycles. The van der Waals surface area contributed by atoms with Gasteiger partial charge in [0.2, 0.25) is 5.95 Å². The van der Waals surface area contributed by atoms with Gasteiger partial charge in [0.25, 0.3) is 5.91 Å². The second-order valence-corrected chi connectivity index (χ2v) is 10.6. The Morgan fingerprint density at radius 2 is 1.79 bits per heavy atom. The Hall–Kier alpha value is -3.57. The quantitative estimate of drug-likeness (QED) is 0.402. The van der Waals surface area contributed by atoms with Crippen molar-refractivity contribution in [1.82, 2.24) is 34.0 Å². The van der Waals surface area contributed by atoms with Crippen LogP contribution in [0.3, 0.4) is 0 Å². The van der Waals surface area contributed by atoms with Gasteiger partial charge in [-0.2, -0.15) is 9.97 Å². The number of amides is 1. The molecule has 2 aliphatic heterocycles. The van der Waals surface area contributed by atoms with Crippen LogP contribution in [0.25, 0.3) is 28.1 Å². The topological polar surface area (TPSA) is 114 Å². The van der Waals surface area contributed by atoms with Crippen LogP contribution in [0.15, 0.2) is 24.3 Å². The number of benzene rings is 1. The molecule has 6 rings (SSSR count). The summed E-state index contributed by atoms with van der Waals surface area (Å²) in [7, 11) is 2.03. The summed E-state index contributed by atoms with van der Waals surface area (Å²) in [6, 6.07) is 8.10. The highest BCUT2D eigenvalue weighted by molar-refractivity contribution is 5.86. The third kappa shape index (κ3) is 4.74. The minimum atomic E-state index is -0.950. The van der Waals surface area contributed by atoms with Gasteiger partial charge in [0, 0.05) is 46.1 Å². The number of rotatable bonds is 6. The highest BCUT2D eigenvalue weighted by Gasteiger charge is 2.28. The molecule has 11 nitrogen and oxygen atoms in total. The zero-order chi connectivity index (χ0) is 27.1. The van der Waals surface area contributed by atoms with E-state index in [1.54, 1.807) is 4.90 Å². The number of aromatic nitrogens is 6. The van der Waals surface area contributed by atoms with Crippen LogP contribution in [0.1, 0.15) is 38.3 Å². The Labute approximate surface area is 227 Å². The molecule has 2 aliphatic rings. The number of aliphatic hydroxyl groups excluding tert-OH is 1. The minimum absolute atomic E-state index is 0.187. The van der Waals surface area contributed by atoms with Gasteiger partial charge in [-0.25, -0.2) is 9.97 Å². The molecule has 1 aromatic carbocycles. The van der Waals surface area contributed by atoms with E-state index < -0.39 is 6.10 Å². The van der Waals surface area contributed by atoms with Gasteiger partial charge in [0.05, 0.1) is 24.2 Å². The van der Waals surface area contributed by atoms with E-state index in [-0.39, 0.29) is 5.91 Å². The molecule has 3 aromatic heterocycles. The zero-order valence-corrected chi connectivity index (χ0v) is 22.9. The number of imidazole rings is 2. The lowest BCUT2D eigenvalue weighted by Crippen LogP contribution is -2.43. The second-order valence-electron chi connectivity index (χ2n) is 10.6. The van der Waals surface area contributed by atoms with E-state index in [2.05, 4.69) is 27.0 Å². The molecule has 1 N–H and O–H groups in total. The number of aliphatic hydroxyl groups is 1. The number of carbonyl (C=O) groups excluding carboxylic acids is 1. The number of hydrogen-bond acceptors (Lipinski definition) is 8. The predicted molar refractivity (Wildman–Crippen MR) is 148 cm³/mol. The Morgan fingerprint density at radius 3 is 2.51 bits per heavy atom. The van der Waals surface area contributed by atoms with Crippen LogP contribution in [0, 0.1) is 5.92 Å². The van der Waals surface area contributed by atoms with Crippen LogP contribution in [-0.2, 0) is 29.4 Å². The third-order valence-electron chi connectivity index (χ3n) is 7.99. The van der Waals surface area contributed by atoms with Crippen molar-refractivity contribution < 1.29 is 14.6 Å². The summed E-state index contributed by atoms with van der Waals surface area (Å²) in [5.74, 6) is 3.54. The predicted octanol–water partition coefficient (Wildman–Crippen LogP) is 2.26. The molecule has 0 bridgehead atoms. The van der Waals surface area contributed by atoms with Gasteiger partial charge in [-0.05, 0) is 37.8 Å². The Balaban J connectivity index is 1.39. The molecule has 2 saturated heterocycles. The van der Waals surface area contributed by atoms with Gasteiger partial charge in [-0.1, -0.05) is 19.1 Å². The first-order valence-electron chi connectivity index (χ1n) is 13.9. The summed E-state index contributed by atoms with van der Waals surface area (Å²) >= 11 is 0. The summed E-state index contributed by atoms with van der Waals surface area (Å²) < 4.78 is 9.80. The van der Waals surface area contributed by atoms with Gasteiger partial charge in [0.1, 0.15) is 17.8 Å². The van der Waals surface area contributed by atoms with E-state index in [0.29, 0.717) is 38.2 Å². The smallest absolute Gasteiger partial charge is 0.251 e. The molecule has 206 valence electrons. The molecule has 4 aromatic rings. The van der Waals surface area contributed by atoms with E-state index >= 15 is 0 Å². The minimum Gasteiger partial charge on any atom is -0.384 e. The van der Waals surface area contributed by atoms with Gasteiger partial charge < -0.3 is 24.2 Å². The van der Waals surface area contributed by atoms with Crippen molar-refractivity contribution in [1.29, 1.82) is 0 Å². The van der Waals surface area contributed by atoms with Crippen LogP contribution in [0.4, 0.5) is 5.82 Å². The molecule has 0 unspecified atom stereocenters. The van der Waals surface area contributed by atoms with Crippen LogP contribution in [0.5, 0.6) is 0 Å². The van der Waals surface area contributed by atoms with Crippen molar-refractivity contribution in [3.05, 3.63) is 35.9 Å². The summed E-state index contributed by atoms with van der Waals surface area (Å²) in [5, 5.41) is 9.67. The summed E-state index contributed by atoms with van der Waals surface area (Å²) in [4.78, 5) is 36.4. The number of para-hydroxylation sites is 2. The molecule has 39 heavy (non-hydrogen) atoms. The standard InChI is InChI=1S/C28H36N8O3/c1-4-22-29-20-7-5-6-8-21(20)36(22)28-31-25-24(26(32-28)34-13-15-39-16-14-34)30-23(33(25)3)17-19-9-11-35(12-10-19)27(38)18(2)37/h5-8,18-19,37H,4,9-17H2,1-3H3/t18-/m0/s1. The molecule has 0 aliphatic carbocycles. The first kappa shape index (κ1) is 25.7. The normalized spacial score (nSPS) is 17.8. The number of anilines is 1. The van der Waals surface area contributed by atoms with Crippen molar-refractivity contribution in [2.45, 2.75) is 45.6 Å². The molecule has 11 heteroatoms. The van der Waals surface area contributed by atoms with Gasteiger partial charge >= 0.3 is 0 Å². The lowest BCUT2D eigenvalue weighted by molar-refractivity contribution is -0.140. The van der Waals surface area contributed by atoms with Gasteiger partial charge in [-0.15, -0.1) is 0 Å². The van der Waals surface area contributed by atoms with Crippen LogP contribution in [-0.4, -0.2) is 90.5 Å². The fraction of sp³-hybridized carbons (Fsp3) is 0.536. The number of aryl methyl sites for hydroxylation is 2. The SMILES string of the molecule is CCc1nc2ccccc2n1-c1nc(N2CCOCC2)c2nc(CC3CCN(C(=O)[C@H](C)O)CC3)n(C)c2n1. The lowest BCUT2D eigenvalue weighted by atomic mass is 9.93. The number of nitrogens with zero attached hydrogens (tertiary/aromatic N) is 8. The third-order valence-corrected chi connectivity index (χ3v) is 7.99. The van der Waals surface area contributed by atoms with E-state index in [0.717, 1.165) is 78.4 Å². The highest BCUT2D eigenvalue weighted by atomic mass is 16.5. The fourth-order valence-corrected chi connectivity index (χ4v) is 5.77. The van der Waals surface area contributed by atoms with Gasteiger partial charge in [-0.3, -0.25) is 9.36 Å². The van der Waals surface area contributed by atoms with Crippen molar-refractivity contribution in [2.75, 3.05) is 44.3 Å². The number of likely N-dealkylation sites (tertiary alicyclic amines) is 1. The molecule has 0 saturated carbocycles. The zero-order valence-electron chi connectivity index (χ0n) is 22.9. The van der Waals surface area contributed by atoms with E-state index in [4.69, 9.17) is 24.7 Å². The average Bonchev–Trinajstić information content (AvgIpc) is 3.50.